The number of benzene rings is 1. The number of ether oxygens (including phenoxy) is 1. The summed E-state index contributed by atoms with van der Waals surface area (Å²) in [4.78, 5) is 14.3. The van der Waals surface area contributed by atoms with Crippen molar-refractivity contribution in [2.24, 2.45) is 0 Å². The van der Waals surface area contributed by atoms with Crippen LogP contribution in [0.15, 0.2) is 42.5 Å². The van der Waals surface area contributed by atoms with E-state index in [2.05, 4.69) is 39.5 Å². The summed E-state index contributed by atoms with van der Waals surface area (Å²) < 4.78 is 5.50. The van der Waals surface area contributed by atoms with Crippen LogP contribution in [0.3, 0.4) is 0 Å². The summed E-state index contributed by atoms with van der Waals surface area (Å²) in [5.41, 5.74) is 1.54. The zero-order valence-corrected chi connectivity index (χ0v) is 14.5. The van der Waals surface area contributed by atoms with Crippen LogP contribution in [0.5, 0.6) is 0 Å². The van der Waals surface area contributed by atoms with Crippen molar-refractivity contribution in [2.45, 2.75) is 32.4 Å². The van der Waals surface area contributed by atoms with Gasteiger partial charge < -0.3 is 15.0 Å². The first-order valence-corrected chi connectivity index (χ1v) is 8.78. The third kappa shape index (κ3) is 4.76. The van der Waals surface area contributed by atoms with E-state index in [0.717, 1.165) is 38.4 Å². The SMILES string of the molecule is CCN(Cc1ccccc1)c1ccc(C(=O)NCC2CCCO2)nn1. The van der Waals surface area contributed by atoms with Gasteiger partial charge in [-0.05, 0) is 37.5 Å². The van der Waals surface area contributed by atoms with Gasteiger partial charge in [-0.2, -0.15) is 0 Å². The van der Waals surface area contributed by atoms with Crippen molar-refractivity contribution in [2.75, 3.05) is 24.6 Å². The average molecular weight is 340 g/mol. The smallest absolute Gasteiger partial charge is 0.271 e. The first kappa shape index (κ1) is 17.4. The molecule has 1 unspecified atom stereocenters. The summed E-state index contributed by atoms with van der Waals surface area (Å²) in [5.74, 6) is 0.558. The summed E-state index contributed by atoms with van der Waals surface area (Å²) >= 11 is 0. The summed E-state index contributed by atoms with van der Waals surface area (Å²) in [7, 11) is 0. The quantitative estimate of drug-likeness (QED) is 0.838. The minimum atomic E-state index is -0.208. The topological polar surface area (TPSA) is 67.4 Å². The fraction of sp³-hybridized carbons (Fsp3) is 0.421. The highest BCUT2D eigenvalue weighted by Crippen LogP contribution is 2.14. The van der Waals surface area contributed by atoms with Gasteiger partial charge in [-0.1, -0.05) is 30.3 Å². The van der Waals surface area contributed by atoms with Crippen molar-refractivity contribution in [1.29, 1.82) is 0 Å². The number of rotatable bonds is 7. The Hall–Kier alpha value is -2.47. The molecule has 0 spiro atoms. The Morgan fingerprint density at radius 2 is 2.08 bits per heavy atom. The van der Waals surface area contributed by atoms with Gasteiger partial charge in [0.25, 0.3) is 5.91 Å². The van der Waals surface area contributed by atoms with Crippen LogP contribution in [0.25, 0.3) is 0 Å². The number of carbonyl (C=O) groups is 1. The van der Waals surface area contributed by atoms with Gasteiger partial charge in [0.15, 0.2) is 11.5 Å². The maximum atomic E-state index is 12.2. The molecule has 1 fully saturated rings. The van der Waals surface area contributed by atoms with Crippen molar-refractivity contribution < 1.29 is 9.53 Å². The second-order valence-electron chi connectivity index (χ2n) is 6.12. The Labute approximate surface area is 148 Å². The molecule has 0 bridgehead atoms. The van der Waals surface area contributed by atoms with E-state index in [1.54, 1.807) is 6.07 Å². The molecule has 0 radical (unpaired) electrons. The van der Waals surface area contributed by atoms with E-state index in [9.17, 15) is 4.79 Å². The van der Waals surface area contributed by atoms with Crippen LogP contribution >= 0.6 is 0 Å². The maximum Gasteiger partial charge on any atom is 0.271 e. The summed E-state index contributed by atoms with van der Waals surface area (Å²) in [6, 6.07) is 13.8. The van der Waals surface area contributed by atoms with E-state index >= 15 is 0 Å². The van der Waals surface area contributed by atoms with E-state index in [-0.39, 0.29) is 12.0 Å². The number of amides is 1. The standard InChI is InChI=1S/C19H24N4O2/c1-2-23(14-15-7-4-3-5-8-15)18-11-10-17(21-22-18)19(24)20-13-16-9-6-12-25-16/h3-5,7-8,10-11,16H,2,6,9,12-14H2,1H3,(H,20,24). The van der Waals surface area contributed by atoms with Gasteiger partial charge in [0.1, 0.15) is 0 Å². The largest absolute Gasteiger partial charge is 0.376 e. The molecule has 1 N–H and O–H groups in total. The molecule has 1 aliphatic rings. The Morgan fingerprint density at radius 1 is 1.24 bits per heavy atom. The summed E-state index contributed by atoms with van der Waals surface area (Å²) in [6.07, 6.45) is 2.18. The summed E-state index contributed by atoms with van der Waals surface area (Å²) in [5, 5.41) is 11.2. The number of hydrogen-bond donors (Lipinski definition) is 1. The van der Waals surface area contributed by atoms with Crippen molar-refractivity contribution in [3.63, 3.8) is 0 Å². The van der Waals surface area contributed by atoms with E-state index in [4.69, 9.17) is 4.74 Å². The van der Waals surface area contributed by atoms with Gasteiger partial charge >= 0.3 is 0 Å². The predicted octanol–water partition coefficient (Wildman–Crippen LogP) is 2.41. The van der Waals surface area contributed by atoms with E-state index < -0.39 is 0 Å². The Balaban J connectivity index is 1.59. The second-order valence-corrected chi connectivity index (χ2v) is 6.12. The molecule has 132 valence electrons. The molecule has 1 amide bonds. The molecule has 6 nitrogen and oxygen atoms in total. The monoisotopic (exact) mass is 340 g/mol. The fourth-order valence-corrected chi connectivity index (χ4v) is 2.88. The minimum absolute atomic E-state index is 0.123. The maximum absolute atomic E-state index is 12.2. The van der Waals surface area contributed by atoms with Gasteiger partial charge in [-0.25, -0.2) is 0 Å². The lowest BCUT2D eigenvalue weighted by Gasteiger charge is -2.21. The van der Waals surface area contributed by atoms with Gasteiger partial charge in [-0.3, -0.25) is 4.79 Å². The molecule has 25 heavy (non-hydrogen) atoms. The molecule has 1 atom stereocenters. The highest BCUT2D eigenvalue weighted by molar-refractivity contribution is 5.92. The lowest BCUT2D eigenvalue weighted by molar-refractivity contribution is 0.0853. The molecule has 3 rings (SSSR count). The highest BCUT2D eigenvalue weighted by Gasteiger charge is 2.17. The van der Waals surface area contributed by atoms with Crippen molar-refractivity contribution in [1.82, 2.24) is 15.5 Å². The Morgan fingerprint density at radius 3 is 2.72 bits per heavy atom. The van der Waals surface area contributed by atoms with Crippen LogP contribution < -0.4 is 10.2 Å². The minimum Gasteiger partial charge on any atom is -0.376 e. The summed E-state index contributed by atoms with van der Waals surface area (Å²) in [6.45, 7) is 4.96. The van der Waals surface area contributed by atoms with Crippen molar-refractivity contribution in [3.05, 3.63) is 53.7 Å². The molecule has 1 aromatic heterocycles. The van der Waals surface area contributed by atoms with Crippen LogP contribution in [-0.2, 0) is 11.3 Å². The average Bonchev–Trinajstić information content (AvgIpc) is 3.19. The zero-order chi connectivity index (χ0) is 17.5. The van der Waals surface area contributed by atoms with E-state index in [0.29, 0.717) is 12.2 Å². The molecule has 0 aliphatic carbocycles. The molecule has 1 aromatic carbocycles. The van der Waals surface area contributed by atoms with Gasteiger partial charge in [0.05, 0.1) is 6.10 Å². The van der Waals surface area contributed by atoms with Gasteiger partial charge in [0.2, 0.25) is 0 Å². The first-order chi connectivity index (χ1) is 12.3. The molecular formula is C19H24N4O2. The molecule has 6 heteroatoms. The normalized spacial score (nSPS) is 16.6. The van der Waals surface area contributed by atoms with Crippen LogP contribution in [-0.4, -0.2) is 41.9 Å². The second kappa shape index (κ2) is 8.58. The van der Waals surface area contributed by atoms with Crippen LogP contribution in [0.2, 0.25) is 0 Å². The fourth-order valence-electron chi connectivity index (χ4n) is 2.88. The number of nitrogens with one attached hydrogen (secondary N) is 1. The van der Waals surface area contributed by atoms with Crippen molar-refractivity contribution in [3.8, 4) is 0 Å². The lowest BCUT2D eigenvalue weighted by Crippen LogP contribution is -2.32. The van der Waals surface area contributed by atoms with E-state index in [1.165, 1.54) is 5.56 Å². The molecular weight excluding hydrogens is 316 g/mol. The number of nitrogens with zero attached hydrogens (tertiary/aromatic N) is 3. The molecule has 2 heterocycles. The number of hydrogen-bond acceptors (Lipinski definition) is 5. The van der Waals surface area contributed by atoms with Gasteiger partial charge in [0, 0.05) is 26.2 Å². The molecule has 2 aromatic rings. The van der Waals surface area contributed by atoms with Crippen LogP contribution in [0.4, 0.5) is 5.82 Å². The number of aromatic nitrogens is 2. The number of anilines is 1. The third-order valence-corrected chi connectivity index (χ3v) is 4.32. The third-order valence-electron chi connectivity index (χ3n) is 4.32. The highest BCUT2D eigenvalue weighted by atomic mass is 16.5. The first-order valence-electron chi connectivity index (χ1n) is 8.78. The van der Waals surface area contributed by atoms with Crippen LogP contribution in [0.1, 0.15) is 35.8 Å². The lowest BCUT2D eigenvalue weighted by atomic mass is 10.2. The van der Waals surface area contributed by atoms with E-state index in [1.807, 2.05) is 24.3 Å². The van der Waals surface area contributed by atoms with Crippen LogP contribution in [0, 0.1) is 0 Å². The Kier molecular flexibility index (Phi) is 5.95. The van der Waals surface area contributed by atoms with Crippen molar-refractivity contribution >= 4 is 11.7 Å². The molecule has 0 saturated carbocycles. The zero-order valence-electron chi connectivity index (χ0n) is 14.5. The predicted molar refractivity (Wildman–Crippen MR) is 96.5 cm³/mol. The number of carbonyl (C=O) groups excluding carboxylic acids is 1. The molecule has 1 aliphatic heterocycles. The Bertz CT molecular complexity index is 670. The molecule has 1 saturated heterocycles. The van der Waals surface area contributed by atoms with Gasteiger partial charge in [-0.15, -0.1) is 10.2 Å².